The largest absolute Gasteiger partial charge is 0.437 e. The first-order valence-corrected chi connectivity index (χ1v) is 16.4. The Hall–Kier alpha value is -2.96. The van der Waals surface area contributed by atoms with Gasteiger partial charge in [-0.2, -0.15) is 8.42 Å². The van der Waals surface area contributed by atoms with Crippen LogP contribution in [0.3, 0.4) is 0 Å². The normalized spacial score (nSPS) is 12.2. The van der Waals surface area contributed by atoms with Crippen LogP contribution in [0.4, 0.5) is 11.4 Å². The van der Waals surface area contributed by atoms with Crippen LogP contribution in [0.2, 0.25) is 13.6 Å². The van der Waals surface area contributed by atoms with Gasteiger partial charge in [0.05, 0.1) is 29.3 Å². The van der Waals surface area contributed by atoms with E-state index in [2.05, 4.69) is 36.1 Å². The summed E-state index contributed by atoms with van der Waals surface area (Å²) < 4.78 is 26.7. The summed E-state index contributed by atoms with van der Waals surface area (Å²) in [6, 6.07) is 11.3. The van der Waals surface area contributed by atoms with E-state index in [-0.39, 0.29) is 30.6 Å². The van der Waals surface area contributed by atoms with Crippen LogP contribution in [0.1, 0.15) is 31.9 Å². The maximum absolute atomic E-state index is 11.0. The lowest BCUT2D eigenvalue weighted by atomic mass is 9.86. The van der Waals surface area contributed by atoms with Crippen molar-refractivity contribution in [1.82, 2.24) is 15.4 Å². The summed E-state index contributed by atoms with van der Waals surface area (Å²) in [5, 5.41) is 54.2. The van der Waals surface area contributed by atoms with Crippen molar-refractivity contribution >= 4 is 35.6 Å². The Kier molecular flexibility index (Phi) is 21.0. The van der Waals surface area contributed by atoms with Gasteiger partial charge >= 0.3 is 14.1 Å². The van der Waals surface area contributed by atoms with Gasteiger partial charge in [0.15, 0.2) is 0 Å². The summed E-state index contributed by atoms with van der Waals surface area (Å²) in [6.07, 6.45) is 1.80. The van der Waals surface area contributed by atoms with Crippen LogP contribution in [0.15, 0.2) is 48.5 Å². The maximum atomic E-state index is 11.0. The number of aliphatic hydroxyl groups excluding tert-OH is 1. The van der Waals surface area contributed by atoms with Gasteiger partial charge in [-0.15, -0.1) is 0 Å². The van der Waals surface area contributed by atoms with Crippen LogP contribution >= 0.6 is 0 Å². The summed E-state index contributed by atoms with van der Waals surface area (Å²) in [6.45, 7) is 12.9. The lowest BCUT2D eigenvalue weighted by Crippen LogP contribution is -2.44. The lowest BCUT2D eigenvalue weighted by Gasteiger charge is -2.18. The molecular formula is C27H47B2N5O10S. The highest BCUT2D eigenvalue weighted by Crippen LogP contribution is 2.14. The van der Waals surface area contributed by atoms with Gasteiger partial charge in [-0.25, -0.2) is 0 Å². The highest BCUT2D eigenvalue weighted by Gasteiger charge is 2.17. The van der Waals surface area contributed by atoms with Crippen molar-refractivity contribution in [1.29, 1.82) is 0 Å². The molecule has 15 nitrogen and oxygen atoms in total. The fraction of sp³-hybridized carbons (Fsp3) is 0.556. The number of nitrogens with zero attached hydrogens (tertiary/aromatic N) is 3. The molecule has 0 saturated carbocycles. The number of nitro groups is 2. The van der Waals surface area contributed by atoms with E-state index in [1.807, 2.05) is 0 Å². The molecule has 2 atom stereocenters. The minimum Gasteiger partial charge on any atom is -0.437 e. The molecule has 2 aromatic carbocycles. The van der Waals surface area contributed by atoms with E-state index in [4.69, 9.17) is 14.3 Å². The zero-order valence-corrected chi connectivity index (χ0v) is 27.6. The summed E-state index contributed by atoms with van der Waals surface area (Å²) in [4.78, 5) is 22.4. The van der Waals surface area contributed by atoms with E-state index < -0.39 is 40.1 Å². The van der Waals surface area contributed by atoms with Crippen molar-refractivity contribution in [2.24, 2.45) is 0 Å². The monoisotopic (exact) mass is 655 g/mol. The first-order valence-electron chi connectivity index (χ1n) is 14.6. The highest BCUT2D eigenvalue weighted by atomic mass is 32.2. The third-order valence-electron chi connectivity index (χ3n) is 6.26. The standard InChI is InChI=1S/C11H17BN2O6S.C10H15BN2O4.C6H15N/c1-12(15)13-10(8-20-21(2,18)19)7-9-3-5-11(6-4-9)14(16)17;1-11(15)12-9(7-14)6-8-2-4-10(5-3-8)13(16)17;1-4-7(5-2)6-3/h3-6,10,13,15H,7-8H2,1-2H3;2-5,9,12,14-15H,6-7H2,1H3;4-6H2,1-3H3/t10-;9-;/m00./s1. The molecule has 5 N–H and O–H groups in total. The second-order valence-corrected chi connectivity index (χ2v) is 11.8. The number of nitrogens with one attached hydrogen (secondary N) is 2. The van der Waals surface area contributed by atoms with Gasteiger partial charge < -0.3 is 30.5 Å². The van der Waals surface area contributed by atoms with E-state index in [0.717, 1.165) is 17.4 Å². The smallest absolute Gasteiger partial charge is 0.373 e. The lowest BCUT2D eigenvalue weighted by molar-refractivity contribution is -0.385. The van der Waals surface area contributed by atoms with E-state index in [1.165, 1.54) is 50.7 Å². The molecular weight excluding hydrogens is 608 g/mol. The van der Waals surface area contributed by atoms with Gasteiger partial charge in [-0.05, 0) is 57.2 Å². The molecule has 0 aliphatic heterocycles. The zero-order chi connectivity index (χ0) is 34.6. The van der Waals surface area contributed by atoms with E-state index in [0.29, 0.717) is 12.8 Å². The van der Waals surface area contributed by atoms with Crippen molar-refractivity contribution in [2.45, 2.75) is 59.3 Å². The predicted octanol–water partition coefficient (Wildman–Crippen LogP) is 1.73. The average Bonchev–Trinajstić information content (AvgIpc) is 2.97. The predicted molar refractivity (Wildman–Crippen MR) is 176 cm³/mol. The van der Waals surface area contributed by atoms with Crippen LogP contribution in [-0.4, -0.2) is 104 Å². The van der Waals surface area contributed by atoms with Gasteiger partial charge in [0.1, 0.15) is 0 Å². The minimum atomic E-state index is -3.58. The van der Waals surface area contributed by atoms with E-state index in [9.17, 15) is 33.7 Å². The summed E-state index contributed by atoms with van der Waals surface area (Å²) in [7, 11) is -5.12. The second kappa shape index (κ2) is 22.5. The molecule has 0 spiro atoms. The molecule has 45 heavy (non-hydrogen) atoms. The Morgan fingerprint density at radius 2 is 1.16 bits per heavy atom. The van der Waals surface area contributed by atoms with Gasteiger partial charge in [0.2, 0.25) is 0 Å². The number of non-ortho nitro benzene ring substituents is 2. The summed E-state index contributed by atoms with van der Waals surface area (Å²) in [5.74, 6) is 0. The molecule has 0 saturated heterocycles. The van der Waals surface area contributed by atoms with Crippen LogP contribution in [0.25, 0.3) is 0 Å². The molecule has 0 radical (unpaired) electrons. The molecule has 0 fully saturated rings. The van der Waals surface area contributed by atoms with Crippen LogP contribution in [0.5, 0.6) is 0 Å². The highest BCUT2D eigenvalue weighted by molar-refractivity contribution is 7.85. The summed E-state index contributed by atoms with van der Waals surface area (Å²) in [5.41, 5.74) is 1.64. The Labute approximate surface area is 266 Å². The fourth-order valence-corrected chi connectivity index (χ4v) is 4.39. The van der Waals surface area contributed by atoms with E-state index in [1.54, 1.807) is 31.1 Å². The first-order chi connectivity index (χ1) is 21.0. The number of hydrogen-bond acceptors (Lipinski definition) is 13. The topological polar surface area (TPSA) is 218 Å². The van der Waals surface area contributed by atoms with Gasteiger partial charge in [-0.3, -0.25) is 24.4 Å². The molecule has 2 rings (SSSR count). The average molecular weight is 655 g/mol. The quantitative estimate of drug-likeness (QED) is 0.0711. The first kappa shape index (κ1) is 42.0. The Morgan fingerprint density at radius 1 is 0.800 bits per heavy atom. The molecule has 2 aromatic rings. The van der Waals surface area contributed by atoms with Crippen molar-refractivity contribution in [3.63, 3.8) is 0 Å². The van der Waals surface area contributed by atoms with Gasteiger partial charge in [0, 0.05) is 36.3 Å². The van der Waals surface area contributed by atoms with Crippen LogP contribution in [0, 0.1) is 20.2 Å². The molecule has 0 aromatic heterocycles. The van der Waals surface area contributed by atoms with Crippen molar-refractivity contribution in [3.8, 4) is 0 Å². The van der Waals surface area contributed by atoms with Crippen LogP contribution in [-0.2, 0) is 27.1 Å². The number of aliphatic hydroxyl groups is 1. The minimum absolute atomic E-state index is 0.0221. The van der Waals surface area contributed by atoms with Crippen molar-refractivity contribution in [2.75, 3.05) is 39.1 Å². The van der Waals surface area contributed by atoms with Crippen molar-refractivity contribution in [3.05, 3.63) is 79.9 Å². The number of rotatable bonds is 17. The van der Waals surface area contributed by atoms with Crippen LogP contribution < -0.4 is 10.5 Å². The molecule has 0 unspecified atom stereocenters. The molecule has 0 aliphatic rings. The number of benzene rings is 2. The number of nitro benzene ring substituents is 2. The molecule has 0 bridgehead atoms. The molecule has 18 heteroatoms. The third kappa shape index (κ3) is 20.6. The maximum Gasteiger partial charge on any atom is 0.373 e. The van der Waals surface area contributed by atoms with Gasteiger partial charge in [-0.1, -0.05) is 45.0 Å². The third-order valence-corrected chi connectivity index (χ3v) is 6.82. The fourth-order valence-electron chi connectivity index (χ4n) is 3.98. The van der Waals surface area contributed by atoms with Crippen molar-refractivity contribution < 1.29 is 37.6 Å². The second-order valence-electron chi connectivity index (χ2n) is 10.1. The zero-order valence-electron chi connectivity index (χ0n) is 26.8. The Bertz CT molecular complexity index is 1210. The molecule has 0 aliphatic carbocycles. The SMILES string of the molecule is CB(O)N[C@H](CO)Cc1ccc([N+](=O)[O-])cc1.CB(O)N[C@H](COS(C)(=O)=O)Cc1ccc([N+](=O)[O-])cc1.CCN(CC)CC. The number of hydrogen-bond donors (Lipinski definition) is 5. The molecule has 252 valence electrons. The Balaban J connectivity index is 0.000000722. The Morgan fingerprint density at radius 3 is 1.42 bits per heavy atom. The van der Waals surface area contributed by atoms with Gasteiger partial charge in [0.25, 0.3) is 21.5 Å². The van der Waals surface area contributed by atoms with E-state index >= 15 is 0 Å². The molecule has 0 heterocycles. The summed E-state index contributed by atoms with van der Waals surface area (Å²) >= 11 is 0. The molecule has 0 amide bonds.